The summed E-state index contributed by atoms with van der Waals surface area (Å²) in [7, 11) is -3.51. The second kappa shape index (κ2) is 5.28. The van der Waals surface area contributed by atoms with Crippen molar-refractivity contribution in [2.24, 2.45) is 5.73 Å². The van der Waals surface area contributed by atoms with Crippen molar-refractivity contribution in [3.63, 3.8) is 0 Å². The Kier molecular flexibility index (Phi) is 3.88. The third-order valence-electron chi connectivity index (χ3n) is 3.22. The van der Waals surface area contributed by atoms with Gasteiger partial charge in [0.15, 0.2) is 0 Å². The molecule has 2 rings (SSSR count). The Balaban J connectivity index is 2.29. The maximum Gasteiger partial charge on any atom is 0.248 e. The number of hydrogen-bond donors (Lipinski definition) is 2. The summed E-state index contributed by atoms with van der Waals surface area (Å²) in [5.41, 5.74) is 5.43. The van der Waals surface area contributed by atoms with Crippen molar-refractivity contribution in [3.05, 3.63) is 29.8 Å². The maximum atomic E-state index is 12.5. The average molecular weight is 283 g/mol. The number of rotatable bonds is 5. The molecule has 0 aromatic heterocycles. The van der Waals surface area contributed by atoms with E-state index in [1.807, 2.05) is 6.92 Å². The highest BCUT2D eigenvalue weighted by Crippen LogP contribution is 2.20. The summed E-state index contributed by atoms with van der Waals surface area (Å²) in [6.45, 7) is 3.58. The maximum absolute atomic E-state index is 12.5. The molecule has 104 valence electrons. The van der Waals surface area contributed by atoms with E-state index < -0.39 is 15.9 Å². The van der Waals surface area contributed by atoms with Crippen molar-refractivity contribution in [1.82, 2.24) is 9.62 Å². The van der Waals surface area contributed by atoms with Gasteiger partial charge in [-0.1, -0.05) is 6.92 Å². The van der Waals surface area contributed by atoms with Gasteiger partial charge in [0.05, 0.1) is 4.90 Å². The van der Waals surface area contributed by atoms with E-state index >= 15 is 0 Å². The molecular formula is C12H17N3O3S. The normalized spacial score (nSPS) is 16.3. The van der Waals surface area contributed by atoms with E-state index in [1.165, 1.54) is 28.6 Å². The van der Waals surface area contributed by atoms with Crippen molar-refractivity contribution in [2.75, 3.05) is 19.6 Å². The number of benzene rings is 1. The van der Waals surface area contributed by atoms with Crippen LogP contribution in [0.5, 0.6) is 0 Å². The molecule has 19 heavy (non-hydrogen) atoms. The molecular weight excluding hydrogens is 266 g/mol. The monoisotopic (exact) mass is 283 g/mol. The minimum absolute atomic E-state index is 0.00539. The molecule has 0 unspecified atom stereocenters. The summed E-state index contributed by atoms with van der Waals surface area (Å²) >= 11 is 0. The van der Waals surface area contributed by atoms with E-state index in [-0.39, 0.29) is 10.9 Å². The lowest BCUT2D eigenvalue weighted by Crippen LogP contribution is -2.58. The Morgan fingerprint density at radius 1 is 1.37 bits per heavy atom. The Morgan fingerprint density at radius 3 is 2.32 bits per heavy atom. The van der Waals surface area contributed by atoms with Gasteiger partial charge in [-0.3, -0.25) is 4.79 Å². The number of primary amides is 1. The first-order valence-electron chi connectivity index (χ1n) is 6.09. The number of likely N-dealkylation sites (N-methyl/N-ethyl adjacent to an activating group) is 1. The topological polar surface area (TPSA) is 92.5 Å². The number of nitrogens with zero attached hydrogens (tertiary/aromatic N) is 1. The highest BCUT2D eigenvalue weighted by Gasteiger charge is 2.33. The number of nitrogens with one attached hydrogen (secondary N) is 1. The summed E-state index contributed by atoms with van der Waals surface area (Å²) in [5, 5.41) is 3.06. The SMILES string of the molecule is CCN(C1CNC1)S(=O)(=O)c1ccc(C(N)=O)cc1. The molecule has 3 N–H and O–H groups in total. The van der Waals surface area contributed by atoms with Crippen molar-refractivity contribution in [2.45, 2.75) is 17.9 Å². The Morgan fingerprint density at radius 2 is 1.95 bits per heavy atom. The second-order valence-corrected chi connectivity index (χ2v) is 6.30. The molecule has 1 aliphatic heterocycles. The molecule has 0 saturated carbocycles. The zero-order valence-corrected chi connectivity index (χ0v) is 11.5. The van der Waals surface area contributed by atoms with Crippen LogP contribution in [-0.2, 0) is 10.0 Å². The average Bonchev–Trinajstić information content (AvgIpc) is 2.33. The standard InChI is InChI=1S/C12H17N3O3S/c1-2-15(10-7-14-8-10)19(17,18)11-5-3-9(4-6-11)12(13)16/h3-6,10,14H,2,7-8H2,1H3,(H2,13,16). The first-order chi connectivity index (χ1) is 8.96. The van der Waals surface area contributed by atoms with Crippen LogP contribution in [0.15, 0.2) is 29.2 Å². The van der Waals surface area contributed by atoms with Crippen LogP contribution >= 0.6 is 0 Å². The van der Waals surface area contributed by atoms with Crippen LogP contribution in [-0.4, -0.2) is 44.3 Å². The van der Waals surface area contributed by atoms with Crippen LogP contribution in [0.4, 0.5) is 0 Å². The van der Waals surface area contributed by atoms with Crippen molar-refractivity contribution >= 4 is 15.9 Å². The molecule has 0 spiro atoms. The molecule has 1 amide bonds. The first-order valence-corrected chi connectivity index (χ1v) is 7.53. The van der Waals surface area contributed by atoms with Gasteiger partial charge in [0.1, 0.15) is 0 Å². The van der Waals surface area contributed by atoms with Crippen LogP contribution in [0, 0.1) is 0 Å². The highest BCUT2D eigenvalue weighted by atomic mass is 32.2. The fraction of sp³-hybridized carbons (Fsp3) is 0.417. The minimum Gasteiger partial charge on any atom is -0.366 e. The van der Waals surface area contributed by atoms with Gasteiger partial charge in [0.2, 0.25) is 15.9 Å². The van der Waals surface area contributed by atoms with E-state index in [0.717, 1.165) is 0 Å². The third kappa shape index (κ3) is 2.63. The van der Waals surface area contributed by atoms with Crippen molar-refractivity contribution < 1.29 is 13.2 Å². The lowest BCUT2D eigenvalue weighted by atomic mass is 10.2. The molecule has 0 atom stereocenters. The molecule has 7 heteroatoms. The molecule has 0 radical (unpaired) electrons. The number of amides is 1. The van der Waals surface area contributed by atoms with Crippen LogP contribution in [0.2, 0.25) is 0 Å². The summed E-state index contributed by atoms with van der Waals surface area (Å²) in [6.07, 6.45) is 0. The Bertz CT molecular complexity index is 564. The predicted molar refractivity (Wildman–Crippen MR) is 71.2 cm³/mol. The van der Waals surface area contributed by atoms with Gasteiger partial charge in [-0.2, -0.15) is 4.31 Å². The number of sulfonamides is 1. The first kappa shape index (κ1) is 14.0. The number of carbonyl (C=O) groups excluding carboxylic acids is 1. The second-order valence-electron chi connectivity index (χ2n) is 4.41. The summed E-state index contributed by atoms with van der Waals surface area (Å²) in [4.78, 5) is 11.2. The summed E-state index contributed by atoms with van der Waals surface area (Å²) in [6, 6.07) is 5.71. The van der Waals surface area contributed by atoms with Gasteiger partial charge in [0, 0.05) is 31.2 Å². The van der Waals surface area contributed by atoms with E-state index in [4.69, 9.17) is 5.73 Å². The van der Waals surface area contributed by atoms with Gasteiger partial charge in [0.25, 0.3) is 0 Å². The van der Waals surface area contributed by atoms with Crippen LogP contribution in [0.3, 0.4) is 0 Å². The van der Waals surface area contributed by atoms with E-state index in [9.17, 15) is 13.2 Å². The molecule has 1 aromatic rings. The number of hydrogen-bond acceptors (Lipinski definition) is 4. The van der Waals surface area contributed by atoms with Crippen LogP contribution in [0.1, 0.15) is 17.3 Å². The van der Waals surface area contributed by atoms with Gasteiger partial charge >= 0.3 is 0 Å². The van der Waals surface area contributed by atoms with E-state index in [2.05, 4.69) is 5.32 Å². The van der Waals surface area contributed by atoms with Gasteiger partial charge in [-0.15, -0.1) is 0 Å². The van der Waals surface area contributed by atoms with E-state index in [1.54, 1.807) is 0 Å². The van der Waals surface area contributed by atoms with Crippen molar-refractivity contribution in [3.8, 4) is 0 Å². The molecule has 0 bridgehead atoms. The zero-order chi connectivity index (χ0) is 14.0. The fourth-order valence-electron chi connectivity index (χ4n) is 2.03. The molecule has 1 aromatic carbocycles. The molecule has 1 heterocycles. The van der Waals surface area contributed by atoms with E-state index in [0.29, 0.717) is 25.2 Å². The smallest absolute Gasteiger partial charge is 0.248 e. The molecule has 1 fully saturated rings. The lowest BCUT2D eigenvalue weighted by Gasteiger charge is -2.36. The summed E-state index contributed by atoms with van der Waals surface area (Å²) < 4.78 is 26.4. The number of nitrogens with two attached hydrogens (primary N) is 1. The predicted octanol–water partition coefficient (Wildman–Crippen LogP) is -0.232. The van der Waals surface area contributed by atoms with Crippen LogP contribution in [0.25, 0.3) is 0 Å². The van der Waals surface area contributed by atoms with Gasteiger partial charge < -0.3 is 11.1 Å². The van der Waals surface area contributed by atoms with Crippen molar-refractivity contribution in [1.29, 1.82) is 0 Å². The van der Waals surface area contributed by atoms with Gasteiger partial charge in [-0.05, 0) is 24.3 Å². The Labute approximate surface area is 112 Å². The molecule has 1 aliphatic rings. The quantitative estimate of drug-likeness (QED) is 0.780. The van der Waals surface area contributed by atoms with Gasteiger partial charge in [-0.25, -0.2) is 8.42 Å². The van der Waals surface area contributed by atoms with Crippen LogP contribution < -0.4 is 11.1 Å². The highest BCUT2D eigenvalue weighted by molar-refractivity contribution is 7.89. The Hall–Kier alpha value is -1.44. The molecule has 0 aliphatic carbocycles. The third-order valence-corrected chi connectivity index (χ3v) is 5.27. The summed E-state index contributed by atoms with van der Waals surface area (Å²) in [5.74, 6) is -0.570. The molecule has 6 nitrogen and oxygen atoms in total. The fourth-order valence-corrected chi connectivity index (χ4v) is 3.66. The number of carbonyl (C=O) groups is 1. The minimum atomic E-state index is -3.51. The zero-order valence-electron chi connectivity index (χ0n) is 10.7. The lowest BCUT2D eigenvalue weighted by molar-refractivity contribution is 0.1000. The molecule has 1 saturated heterocycles. The largest absolute Gasteiger partial charge is 0.366 e.